The predicted molar refractivity (Wildman–Crippen MR) is 109 cm³/mol. The Bertz CT molecular complexity index is 1060. The number of nitrogens with one attached hydrogen (secondary N) is 1. The van der Waals surface area contributed by atoms with Gasteiger partial charge >= 0.3 is 11.9 Å². The molecule has 1 aliphatic carbocycles. The van der Waals surface area contributed by atoms with Crippen LogP contribution in [0.1, 0.15) is 38.7 Å². The number of nitro benzene ring substituents is 1. The van der Waals surface area contributed by atoms with E-state index in [1.165, 1.54) is 55.9 Å². The van der Waals surface area contributed by atoms with Crippen LogP contribution in [-0.4, -0.2) is 37.0 Å². The average molecular weight is 430 g/mol. The van der Waals surface area contributed by atoms with Crippen LogP contribution in [0.15, 0.2) is 30.3 Å². The minimum absolute atomic E-state index is 0.0888. The smallest absolute Gasteiger partial charge is 0.341 e. The zero-order valence-corrected chi connectivity index (χ0v) is 17.0. The maximum Gasteiger partial charge on any atom is 0.341 e. The summed E-state index contributed by atoms with van der Waals surface area (Å²) in [5, 5.41) is 13.8. The number of benzene rings is 1. The summed E-state index contributed by atoms with van der Waals surface area (Å²) in [6.45, 7) is 0. The molecule has 1 aromatic heterocycles. The second-order valence-electron chi connectivity index (χ2n) is 6.42. The number of esters is 2. The van der Waals surface area contributed by atoms with Crippen molar-refractivity contribution in [2.75, 3.05) is 19.5 Å². The van der Waals surface area contributed by atoms with Crippen molar-refractivity contribution in [3.8, 4) is 0 Å². The highest BCUT2D eigenvalue weighted by Crippen LogP contribution is 2.45. The van der Waals surface area contributed by atoms with E-state index >= 15 is 0 Å². The van der Waals surface area contributed by atoms with Crippen molar-refractivity contribution in [1.82, 2.24) is 0 Å². The molecule has 2 aromatic rings. The van der Waals surface area contributed by atoms with Gasteiger partial charge in [0.25, 0.3) is 5.69 Å². The fourth-order valence-electron chi connectivity index (χ4n) is 3.30. The first-order valence-electron chi connectivity index (χ1n) is 8.91. The van der Waals surface area contributed by atoms with Crippen molar-refractivity contribution in [2.45, 2.75) is 18.8 Å². The summed E-state index contributed by atoms with van der Waals surface area (Å²) in [6, 6.07) is 5.83. The Morgan fingerprint density at radius 2 is 2.03 bits per heavy atom. The standard InChI is InChI=1S/C20H18N2O7S/c1-28-19(24)13-7-8-14-16(13)17(20(25)29-2)18(30-14)21-15(23)9-6-11-4-3-5-12(10-11)22(26)27/h3-6,9-10,13H,7-8H2,1-2H3,(H,21,23)/b9-6+/t13-/m1/s1. The Morgan fingerprint density at radius 3 is 2.70 bits per heavy atom. The monoisotopic (exact) mass is 430 g/mol. The molecular weight excluding hydrogens is 412 g/mol. The van der Waals surface area contributed by atoms with Crippen LogP contribution in [-0.2, 0) is 25.5 Å². The van der Waals surface area contributed by atoms with E-state index in [0.717, 1.165) is 4.88 Å². The fourth-order valence-corrected chi connectivity index (χ4v) is 4.57. The van der Waals surface area contributed by atoms with Crippen LogP contribution in [0.2, 0.25) is 0 Å². The topological polar surface area (TPSA) is 125 Å². The predicted octanol–water partition coefficient (Wildman–Crippen LogP) is 3.30. The number of rotatable bonds is 6. The van der Waals surface area contributed by atoms with Crippen LogP contribution in [0.4, 0.5) is 10.7 Å². The van der Waals surface area contributed by atoms with Gasteiger partial charge < -0.3 is 14.8 Å². The molecule has 156 valence electrons. The summed E-state index contributed by atoms with van der Waals surface area (Å²) in [6.07, 6.45) is 3.75. The molecule has 9 nitrogen and oxygen atoms in total. The van der Waals surface area contributed by atoms with Gasteiger partial charge in [0.2, 0.25) is 5.91 Å². The third-order valence-electron chi connectivity index (χ3n) is 4.65. The number of hydrogen-bond acceptors (Lipinski definition) is 8. The van der Waals surface area contributed by atoms with Gasteiger partial charge in [0.1, 0.15) is 5.00 Å². The number of amides is 1. The summed E-state index contributed by atoms with van der Waals surface area (Å²) >= 11 is 1.22. The molecular formula is C20H18N2O7S. The van der Waals surface area contributed by atoms with E-state index in [9.17, 15) is 24.5 Å². The molecule has 0 radical (unpaired) electrons. The zero-order chi connectivity index (χ0) is 21.8. The molecule has 0 aliphatic heterocycles. The van der Waals surface area contributed by atoms with Crippen molar-refractivity contribution in [3.63, 3.8) is 0 Å². The quantitative estimate of drug-likeness (QED) is 0.323. The maximum absolute atomic E-state index is 12.4. The van der Waals surface area contributed by atoms with Crippen LogP contribution >= 0.6 is 11.3 Å². The van der Waals surface area contributed by atoms with Crippen LogP contribution in [0.25, 0.3) is 6.08 Å². The van der Waals surface area contributed by atoms with Gasteiger partial charge in [0.05, 0.1) is 30.6 Å². The van der Waals surface area contributed by atoms with Crippen molar-refractivity contribution in [2.24, 2.45) is 0 Å². The van der Waals surface area contributed by atoms with E-state index in [2.05, 4.69) is 5.32 Å². The number of nitrogens with zero attached hydrogens (tertiary/aromatic N) is 1. The van der Waals surface area contributed by atoms with E-state index in [0.29, 0.717) is 24.0 Å². The summed E-state index contributed by atoms with van der Waals surface area (Å²) < 4.78 is 9.68. The van der Waals surface area contributed by atoms with E-state index in [-0.39, 0.29) is 16.3 Å². The number of carbonyl (C=O) groups excluding carboxylic acids is 3. The third kappa shape index (κ3) is 4.23. The Balaban J connectivity index is 1.85. The Kier molecular flexibility index (Phi) is 6.26. The van der Waals surface area contributed by atoms with E-state index in [1.54, 1.807) is 6.07 Å². The number of non-ortho nitro benzene ring substituents is 1. The van der Waals surface area contributed by atoms with Gasteiger partial charge in [-0.3, -0.25) is 19.7 Å². The Labute approximate surface area is 175 Å². The molecule has 1 aliphatic rings. The van der Waals surface area contributed by atoms with E-state index < -0.39 is 28.7 Å². The van der Waals surface area contributed by atoms with Gasteiger partial charge in [-0.2, -0.15) is 0 Å². The zero-order valence-electron chi connectivity index (χ0n) is 16.2. The number of aryl methyl sites for hydroxylation is 1. The number of methoxy groups -OCH3 is 2. The van der Waals surface area contributed by atoms with Crippen molar-refractivity contribution < 1.29 is 28.8 Å². The number of hydrogen-bond donors (Lipinski definition) is 1. The van der Waals surface area contributed by atoms with Gasteiger partial charge in [0.15, 0.2) is 0 Å². The molecule has 1 aromatic carbocycles. The highest BCUT2D eigenvalue weighted by Gasteiger charge is 2.38. The second kappa shape index (κ2) is 8.87. The van der Waals surface area contributed by atoms with Gasteiger partial charge in [-0.15, -0.1) is 11.3 Å². The largest absolute Gasteiger partial charge is 0.469 e. The summed E-state index contributed by atoms with van der Waals surface area (Å²) in [7, 11) is 2.51. The Hall–Kier alpha value is -3.53. The third-order valence-corrected chi connectivity index (χ3v) is 5.83. The van der Waals surface area contributed by atoms with E-state index in [4.69, 9.17) is 9.47 Å². The highest BCUT2D eigenvalue weighted by molar-refractivity contribution is 7.17. The maximum atomic E-state index is 12.4. The minimum Gasteiger partial charge on any atom is -0.469 e. The van der Waals surface area contributed by atoms with Gasteiger partial charge in [-0.05, 0) is 30.0 Å². The summed E-state index contributed by atoms with van der Waals surface area (Å²) in [5.74, 6) is -2.20. The number of nitro groups is 1. The first-order valence-corrected chi connectivity index (χ1v) is 9.72. The van der Waals surface area contributed by atoms with Crippen molar-refractivity contribution in [3.05, 3.63) is 62.0 Å². The first kappa shape index (κ1) is 21.2. The lowest BCUT2D eigenvalue weighted by Gasteiger charge is -2.11. The molecule has 0 unspecified atom stereocenters. The van der Waals surface area contributed by atoms with Crippen LogP contribution < -0.4 is 5.32 Å². The molecule has 0 fully saturated rings. The van der Waals surface area contributed by atoms with Gasteiger partial charge in [0, 0.05) is 23.1 Å². The number of thiophene rings is 1. The van der Waals surface area contributed by atoms with Crippen LogP contribution in [0, 0.1) is 10.1 Å². The van der Waals surface area contributed by atoms with Gasteiger partial charge in [-0.1, -0.05) is 12.1 Å². The minimum atomic E-state index is -0.652. The summed E-state index contributed by atoms with van der Waals surface area (Å²) in [4.78, 5) is 48.0. The average Bonchev–Trinajstić information content (AvgIpc) is 3.30. The SMILES string of the molecule is COC(=O)c1c(NC(=O)/C=C/c2cccc([N+](=O)[O-])c2)sc2c1[C@H](C(=O)OC)CC2. The molecule has 30 heavy (non-hydrogen) atoms. The van der Waals surface area contributed by atoms with Crippen LogP contribution in [0.3, 0.4) is 0 Å². The van der Waals surface area contributed by atoms with Crippen LogP contribution in [0.5, 0.6) is 0 Å². The summed E-state index contributed by atoms with van der Waals surface area (Å²) in [5.41, 5.74) is 1.08. The lowest BCUT2D eigenvalue weighted by Crippen LogP contribution is -2.16. The molecule has 0 spiro atoms. The first-order chi connectivity index (χ1) is 14.3. The number of carbonyl (C=O) groups is 3. The Morgan fingerprint density at radius 1 is 1.27 bits per heavy atom. The van der Waals surface area contributed by atoms with E-state index in [1.807, 2.05) is 0 Å². The molecule has 0 bridgehead atoms. The molecule has 1 N–H and O–H groups in total. The number of ether oxygens (including phenoxy) is 2. The molecule has 1 heterocycles. The normalized spacial score (nSPS) is 14.9. The molecule has 0 saturated heterocycles. The number of anilines is 1. The highest BCUT2D eigenvalue weighted by atomic mass is 32.1. The second-order valence-corrected chi connectivity index (χ2v) is 7.53. The fraction of sp³-hybridized carbons (Fsp3) is 0.250. The molecule has 3 rings (SSSR count). The number of fused-ring (bicyclic) bond motifs is 1. The van der Waals surface area contributed by atoms with Crippen molar-refractivity contribution in [1.29, 1.82) is 0 Å². The lowest BCUT2D eigenvalue weighted by atomic mass is 9.99. The lowest BCUT2D eigenvalue weighted by molar-refractivity contribution is -0.384. The molecule has 1 amide bonds. The molecule has 0 saturated carbocycles. The van der Waals surface area contributed by atoms with Crippen molar-refractivity contribution >= 4 is 45.9 Å². The molecule has 1 atom stereocenters. The van der Waals surface area contributed by atoms with Gasteiger partial charge in [-0.25, -0.2) is 4.79 Å². The molecule has 10 heteroatoms.